The first-order valence-corrected chi connectivity index (χ1v) is 11.2. The van der Waals surface area contributed by atoms with Crippen LogP contribution in [0.1, 0.15) is 12.6 Å². The molecule has 1 aliphatic heterocycles. The van der Waals surface area contributed by atoms with Crippen LogP contribution in [0, 0.1) is 0 Å². The third-order valence-electron chi connectivity index (χ3n) is 5.76. The molecule has 1 saturated heterocycles. The first-order chi connectivity index (χ1) is 15.7. The Kier molecular flexibility index (Phi) is 9.78. The molecule has 0 amide bonds. The van der Waals surface area contributed by atoms with E-state index in [1.165, 1.54) is 0 Å². The maximum absolute atomic E-state index is 6.63. The van der Waals surface area contributed by atoms with Gasteiger partial charge in [0.2, 0.25) is 0 Å². The van der Waals surface area contributed by atoms with Gasteiger partial charge in [-0.1, -0.05) is 54.1 Å². The summed E-state index contributed by atoms with van der Waals surface area (Å²) in [5.74, 6) is 2.28. The zero-order valence-electron chi connectivity index (χ0n) is 20.6. The van der Waals surface area contributed by atoms with E-state index in [1.54, 1.807) is 14.2 Å². The van der Waals surface area contributed by atoms with E-state index in [0.29, 0.717) is 23.1 Å². The molecule has 33 heavy (non-hydrogen) atoms. The van der Waals surface area contributed by atoms with Crippen molar-refractivity contribution in [1.82, 2.24) is 4.90 Å². The number of methoxy groups -OCH3 is 2. The van der Waals surface area contributed by atoms with Gasteiger partial charge >= 0.3 is 29.6 Å². The number of piperazine rings is 1. The quantitative estimate of drug-likeness (QED) is 0.466. The van der Waals surface area contributed by atoms with Crippen LogP contribution in [-0.2, 0) is 13.2 Å². The minimum absolute atomic E-state index is 0. The van der Waals surface area contributed by atoms with Crippen LogP contribution in [0.15, 0.2) is 66.7 Å². The molecule has 0 spiro atoms. The van der Waals surface area contributed by atoms with Gasteiger partial charge in [-0.3, -0.25) is 4.90 Å². The Morgan fingerprint density at radius 3 is 2.18 bits per heavy atom. The average molecular weight is 477 g/mol. The van der Waals surface area contributed by atoms with Crippen molar-refractivity contribution in [2.24, 2.45) is 0 Å². The Hall–Kier alpha value is -1.89. The third-order valence-corrected chi connectivity index (χ3v) is 6.11. The first kappa shape index (κ1) is 25.7. The molecule has 170 valence electrons. The molecule has 1 fully saturated rings. The van der Waals surface area contributed by atoms with Crippen LogP contribution in [-0.4, -0.2) is 45.3 Å². The Bertz CT molecular complexity index is 1030. The summed E-state index contributed by atoms with van der Waals surface area (Å²) in [5, 5.41) is 0.695. The van der Waals surface area contributed by atoms with Crippen molar-refractivity contribution in [1.29, 1.82) is 0 Å². The zero-order valence-corrected chi connectivity index (χ0v) is 22.3. The van der Waals surface area contributed by atoms with E-state index in [9.17, 15) is 0 Å². The molecule has 1 heterocycles. The van der Waals surface area contributed by atoms with E-state index in [-0.39, 0.29) is 31.0 Å². The summed E-state index contributed by atoms with van der Waals surface area (Å²) in [6, 6.07) is 22.1. The summed E-state index contributed by atoms with van der Waals surface area (Å²) < 4.78 is 17.1. The van der Waals surface area contributed by atoms with E-state index in [0.717, 1.165) is 55.3 Å². The number of para-hydroxylation sites is 2. The van der Waals surface area contributed by atoms with Gasteiger partial charge in [0.15, 0.2) is 11.5 Å². The number of anilines is 1. The van der Waals surface area contributed by atoms with Crippen LogP contribution in [0.4, 0.5) is 5.69 Å². The maximum Gasteiger partial charge on any atom is 1.00 e. The molecule has 3 aromatic rings. The number of hydrogen-bond donors (Lipinski definition) is 0. The molecule has 5 nitrogen and oxygen atoms in total. The summed E-state index contributed by atoms with van der Waals surface area (Å²) >= 11 is 6.63. The van der Waals surface area contributed by atoms with Gasteiger partial charge in [0.05, 0.1) is 19.9 Å². The van der Waals surface area contributed by atoms with Crippen molar-refractivity contribution in [3.8, 4) is 17.2 Å². The minimum Gasteiger partial charge on any atom is -1.00 e. The van der Waals surface area contributed by atoms with E-state index in [2.05, 4.69) is 21.9 Å². The molecular formula is C26H30ClN2NaO3. The van der Waals surface area contributed by atoms with Crippen LogP contribution in [0.2, 0.25) is 5.02 Å². The smallest absolute Gasteiger partial charge is 1.00 e. The van der Waals surface area contributed by atoms with Gasteiger partial charge < -0.3 is 20.5 Å². The van der Waals surface area contributed by atoms with Crippen molar-refractivity contribution < 1.29 is 45.2 Å². The predicted octanol–water partition coefficient (Wildman–Crippen LogP) is 2.37. The van der Waals surface area contributed by atoms with Crippen LogP contribution in [0.5, 0.6) is 17.2 Å². The number of rotatable bonds is 8. The normalized spacial score (nSPS) is 13.8. The van der Waals surface area contributed by atoms with Crippen molar-refractivity contribution in [3.05, 3.63) is 82.9 Å². The molecule has 0 unspecified atom stereocenters. The van der Waals surface area contributed by atoms with E-state index < -0.39 is 0 Å². The number of nitrogens with zero attached hydrogens (tertiary/aromatic N) is 2. The fraction of sp³-hybridized carbons (Fsp3) is 0.308. The van der Waals surface area contributed by atoms with Crippen molar-refractivity contribution in [3.63, 3.8) is 0 Å². The molecule has 1 aliphatic rings. The van der Waals surface area contributed by atoms with Crippen molar-refractivity contribution in [2.75, 3.05) is 45.3 Å². The largest absolute Gasteiger partial charge is 1.00 e. The topological polar surface area (TPSA) is 34.2 Å². The van der Waals surface area contributed by atoms with Crippen molar-refractivity contribution in [2.45, 2.75) is 13.2 Å². The van der Waals surface area contributed by atoms with Gasteiger partial charge in [-0.15, -0.1) is 0 Å². The Balaban J connectivity index is 0.00000204. The summed E-state index contributed by atoms with van der Waals surface area (Å²) in [4.78, 5) is 4.79. The fourth-order valence-corrected chi connectivity index (χ4v) is 4.20. The number of hydrogen-bond acceptors (Lipinski definition) is 5. The summed E-state index contributed by atoms with van der Waals surface area (Å²) in [7, 11) is 3.38. The van der Waals surface area contributed by atoms with Crippen LogP contribution in [0.25, 0.3) is 0 Å². The Morgan fingerprint density at radius 2 is 1.48 bits per heavy atom. The van der Waals surface area contributed by atoms with Gasteiger partial charge in [0.25, 0.3) is 0 Å². The molecule has 3 aromatic carbocycles. The zero-order chi connectivity index (χ0) is 22.3. The molecule has 0 atom stereocenters. The summed E-state index contributed by atoms with van der Waals surface area (Å²) in [5.41, 5.74) is 3.29. The summed E-state index contributed by atoms with van der Waals surface area (Å²) in [6.45, 7) is 5.01. The van der Waals surface area contributed by atoms with Gasteiger partial charge in [-0.05, 0) is 29.3 Å². The van der Waals surface area contributed by atoms with E-state index in [1.807, 2.05) is 54.6 Å². The van der Waals surface area contributed by atoms with E-state index >= 15 is 0 Å². The Labute approximate surface area is 225 Å². The Morgan fingerprint density at radius 1 is 0.818 bits per heavy atom. The standard InChI is InChI=1S/C26H29ClN2O3.Na.H/c1-30-24-11-7-6-10-23(24)29-14-12-28(13-15-29)18-21-16-25(31-2)26(17-22(21)27)32-19-20-8-4-3-5-9-20;;/h3-11,16-17H,12-15,18-19H2,1-2H3;;/q;+1;-1. The number of benzene rings is 3. The number of halogens is 1. The minimum atomic E-state index is 0. The predicted molar refractivity (Wildman–Crippen MR) is 130 cm³/mol. The van der Waals surface area contributed by atoms with Crippen LogP contribution < -0.4 is 48.7 Å². The average Bonchev–Trinajstić information content (AvgIpc) is 2.85. The second-order valence-corrected chi connectivity index (χ2v) is 8.21. The molecule has 4 rings (SSSR count). The van der Waals surface area contributed by atoms with Gasteiger partial charge in [0.1, 0.15) is 12.4 Å². The third kappa shape index (κ3) is 6.58. The molecule has 0 bridgehead atoms. The SMILES string of the molecule is COc1cc(CN2CCN(c3ccccc3OC)CC2)c(Cl)cc1OCc1ccccc1.[H-].[Na+]. The van der Waals surface area contributed by atoms with Crippen molar-refractivity contribution >= 4 is 17.3 Å². The summed E-state index contributed by atoms with van der Waals surface area (Å²) in [6.07, 6.45) is 0. The van der Waals surface area contributed by atoms with Gasteiger partial charge in [-0.25, -0.2) is 0 Å². The molecular weight excluding hydrogens is 447 g/mol. The molecule has 0 N–H and O–H groups in total. The fourth-order valence-electron chi connectivity index (χ4n) is 3.98. The molecule has 7 heteroatoms. The van der Waals surface area contributed by atoms with Crippen LogP contribution >= 0.6 is 11.6 Å². The monoisotopic (exact) mass is 476 g/mol. The van der Waals surface area contributed by atoms with Crippen LogP contribution in [0.3, 0.4) is 0 Å². The molecule has 0 radical (unpaired) electrons. The van der Waals surface area contributed by atoms with Gasteiger partial charge in [0, 0.05) is 43.8 Å². The number of ether oxygens (including phenoxy) is 3. The second kappa shape index (κ2) is 12.5. The second-order valence-electron chi connectivity index (χ2n) is 7.80. The molecule has 0 aliphatic carbocycles. The molecule has 0 saturated carbocycles. The first-order valence-electron chi connectivity index (χ1n) is 10.8. The maximum atomic E-state index is 6.63. The van der Waals surface area contributed by atoms with Gasteiger partial charge in [-0.2, -0.15) is 0 Å². The molecule has 0 aromatic heterocycles. The van der Waals surface area contributed by atoms with E-state index in [4.69, 9.17) is 25.8 Å².